The van der Waals surface area contributed by atoms with E-state index in [1.54, 1.807) is 6.07 Å². The number of nitrogens with zero attached hydrogens (tertiary/aromatic N) is 3. The first-order valence-electron chi connectivity index (χ1n) is 17.4. The van der Waals surface area contributed by atoms with Gasteiger partial charge in [0.1, 0.15) is 11.6 Å². The van der Waals surface area contributed by atoms with Gasteiger partial charge in [0.05, 0.1) is 28.0 Å². The zero-order chi connectivity index (χ0) is 35.6. The summed E-state index contributed by atoms with van der Waals surface area (Å²) in [6.45, 7) is 26.8. The van der Waals surface area contributed by atoms with Gasteiger partial charge >= 0.3 is 0 Å². The van der Waals surface area contributed by atoms with E-state index in [9.17, 15) is 5.11 Å². The molecule has 4 nitrogen and oxygen atoms in total. The topological polar surface area (TPSA) is 50.9 Å². The minimum Gasteiger partial charge on any atom is -0.507 e. The summed E-state index contributed by atoms with van der Waals surface area (Å²) in [5.74, 6) is 0.933. The molecule has 6 rings (SSSR count). The van der Waals surface area contributed by atoms with Crippen molar-refractivity contribution in [1.82, 2.24) is 14.5 Å². The molecule has 2 heterocycles. The van der Waals surface area contributed by atoms with Gasteiger partial charge in [-0.15, -0.1) is 0 Å². The van der Waals surface area contributed by atoms with Crippen LogP contribution in [0.25, 0.3) is 50.5 Å². The zero-order valence-electron chi connectivity index (χ0n) is 31.4. The molecular formula is C45H51N3O. The fourth-order valence-electron chi connectivity index (χ4n) is 6.84. The minimum absolute atomic E-state index is 0.00777. The van der Waals surface area contributed by atoms with Crippen LogP contribution in [0.3, 0.4) is 0 Å². The predicted molar refractivity (Wildman–Crippen MR) is 207 cm³/mol. The molecule has 0 aliphatic carbocycles. The van der Waals surface area contributed by atoms with Crippen LogP contribution in [-0.4, -0.2) is 19.6 Å². The van der Waals surface area contributed by atoms with E-state index < -0.39 is 0 Å². The zero-order valence-corrected chi connectivity index (χ0v) is 31.4. The fourth-order valence-corrected chi connectivity index (χ4v) is 6.84. The average molecular weight is 650 g/mol. The molecule has 0 amide bonds. The van der Waals surface area contributed by atoms with Crippen LogP contribution in [0.5, 0.6) is 5.75 Å². The molecule has 0 bridgehead atoms. The summed E-state index contributed by atoms with van der Waals surface area (Å²) in [4.78, 5) is 10.3. The van der Waals surface area contributed by atoms with Crippen molar-refractivity contribution in [2.45, 2.75) is 99.3 Å². The normalized spacial score (nSPS) is 12.6. The number of rotatable bonds is 4. The van der Waals surface area contributed by atoms with E-state index >= 15 is 0 Å². The number of pyridine rings is 1. The van der Waals surface area contributed by atoms with E-state index in [1.807, 2.05) is 24.4 Å². The molecule has 49 heavy (non-hydrogen) atoms. The molecule has 2 aromatic heterocycles. The second-order valence-corrected chi connectivity index (χ2v) is 16.9. The molecule has 0 radical (unpaired) electrons. The molecule has 0 aliphatic heterocycles. The predicted octanol–water partition coefficient (Wildman–Crippen LogP) is 11.9. The number of imidazole rings is 1. The largest absolute Gasteiger partial charge is 0.507 e. The van der Waals surface area contributed by atoms with Gasteiger partial charge in [0.15, 0.2) is 0 Å². The maximum Gasteiger partial charge on any atom is 0.149 e. The van der Waals surface area contributed by atoms with Crippen LogP contribution in [0, 0.1) is 20.8 Å². The number of aromatic nitrogens is 3. The van der Waals surface area contributed by atoms with Crippen LogP contribution in [0.1, 0.15) is 95.7 Å². The number of phenolic OH excluding ortho intramolecular Hbond substituents is 1. The van der Waals surface area contributed by atoms with Crippen LogP contribution >= 0.6 is 0 Å². The summed E-state index contributed by atoms with van der Waals surface area (Å²) in [5.41, 5.74) is 15.0. The Morgan fingerprint density at radius 3 is 1.80 bits per heavy atom. The van der Waals surface area contributed by atoms with E-state index in [1.165, 1.54) is 22.3 Å². The molecule has 252 valence electrons. The van der Waals surface area contributed by atoms with Crippen molar-refractivity contribution < 1.29 is 5.11 Å². The van der Waals surface area contributed by atoms with E-state index in [0.29, 0.717) is 5.56 Å². The number of hydrogen-bond acceptors (Lipinski definition) is 3. The highest BCUT2D eigenvalue weighted by molar-refractivity contribution is 5.98. The molecular weight excluding hydrogens is 599 g/mol. The molecule has 6 aromatic rings. The first-order chi connectivity index (χ1) is 22.8. The monoisotopic (exact) mass is 649 g/mol. The summed E-state index contributed by atoms with van der Waals surface area (Å²) >= 11 is 0. The quantitative estimate of drug-likeness (QED) is 0.207. The third-order valence-electron chi connectivity index (χ3n) is 9.66. The lowest BCUT2D eigenvalue weighted by Gasteiger charge is -2.24. The van der Waals surface area contributed by atoms with Crippen molar-refractivity contribution in [2.75, 3.05) is 0 Å². The maximum absolute atomic E-state index is 11.2. The number of para-hydroxylation sites is 1. The summed E-state index contributed by atoms with van der Waals surface area (Å²) in [7, 11) is 0. The summed E-state index contributed by atoms with van der Waals surface area (Å²) < 4.78 is 2.27. The van der Waals surface area contributed by atoms with Crippen LogP contribution in [-0.2, 0) is 16.2 Å². The van der Waals surface area contributed by atoms with Gasteiger partial charge in [-0.25, -0.2) is 4.98 Å². The number of benzene rings is 4. The first-order valence-corrected chi connectivity index (χ1v) is 17.4. The number of phenols is 1. The SMILES string of the molecule is Cc1cc(C)c(-n2c(-c3ccccc3O)nc3c(-c4cc(-c5cc(C(C)(C)C)ccn5)cc(C(C)(C)C)c4)cc(C(C)(C)C)cc32)c(C)c1. The van der Waals surface area contributed by atoms with E-state index in [4.69, 9.17) is 9.97 Å². The van der Waals surface area contributed by atoms with Crippen molar-refractivity contribution in [2.24, 2.45) is 0 Å². The van der Waals surface area contributed by atoms with Gasteiger partial charge in [-0.05, 0) is 119 Å². The summed E-state index contributed by atoms with van der Waals surface area (Å²) in [5, 5.41) is 11.2. The highest BCUT2D eigenvalue weighted by Crippen LogP contribution is 2.43. The van der Waals surface area contributed by atoms with Gasteiger partial charge < -0.3 is 5.11 Å². The molecule has 4 aromatic carbocycles. The Morgan fingerprint density at radius 1 is 0.592 bits per heavy atom. The lowest BCUT2D eigenvalue weighted by Crippen LogP contribution is -2.13. The standard InChI is InChI=1S/C45H51N3O/c1-27-19-28(2)41(29(3)20-27)48-38-26-34(45(10,11)12)24-36(40(38)47-42(48)35-15-13-14-16-39(35)49)30-21-31(23-33(22-30)44(7,8)9)37-25-32(17-18-46-37)43(4,5)6/h13-26,49H,1-12H3. The summed E-state index contributed by atoms with van der Waals surface area (Å²) in [6, 6.07) is 27.9. The third-order valence-corrected chi connectivity index (χ3v) is 9.66. The highest BCUT2D eigenvalue weighted by Gasteiger charge is 2.26. The molecule has 0 unspecified atom stereocenters. The van der Waals surface area contributed by atoms with E-state index in [2.05, 4.69) is 142 Å². The second-order valence-electron chi connectivity index (χ2n) is 16.9. The van der Waals surface area contributed by atoms with Crippen molar-refractivity contribution in [3.05, 3.63) is 118 Å². The average Bonchev–Trinajstić information content (AvgIpc) is 3.38. The molecule has 0 spiro atoms. The van der Waals surface area contributed by atoms with E-state index in [-0.39, 0.29) is 22.0 Å². The van der Waals surface area contributed by atoms with Crippen LogP contribution < -0.4 is 0 Å². The Labute approximate surface area is 292 Å². The Balaban J connectivity index is 1.76. The van der Waals surface area contributed by atoms with Gasteiger partial charge in [-0.3, -0.25) is 9.55 Å². The van der Waals surface area contributed by atoms with Gasteiger partial charge in [-0.2, -0.15) is 0 Å². The van der Waals surface area contributed by atoms with Crippen LogP contribution in [0.15, 0.2) is 85.1 Å². The molecule has 0 saturated carbocycles. The van der Waals surface area contributed by atoms with Gasteiger partial charge in [0.25, 0.3) is 0 Å². The lowest BCUT2D eigenvalue weighted by molar-refractivity contribution is 0.477. The molecule has 0 atom stereocenters. The fraction of sp³-hybridized carbons (Fsp3) is 0.333. The third kappa shape index (κ3) is 6.54. The van der Waals surface area contributed by atoms with Crippen molar-refractivity contribution >= 4 is 11.0 Å². The van der Waals surface area contributed by atoms with Crippen molar-refractivity contribution in [3.63, 3.8) is 0 Å². The van der Waals surface area contributed by atoms with E-state index in [0.717, 1.165) is 56.1 Å². The van der Waals surface area contributed by atoms with Crippen molar-refractivity contribution in [1.29, 1.82) is 0 Å². The Bertz CT molecular complexity index is 2190. The van der Waals surface area contributed by atoms with Gasteiger partial charge in [0, 0.05) is 17.3 Å². The molecule has 0 saturated heterocycles. The number of aromatic hydroxyl groups is 1. The number of fused-ring (bicyclic) bond motifs is 1. The minimum atomic E-state index is -0.127. The Kier molecular flexibility index (Phi) is 8.38. The molecule has 4 heteroatoms. The number of aryl methyl sites for hydroxylation is 3. The van der Waals surface area contributed by atoms with Crippen LogP contribution in [0.2, 0.25) is 0 Å². The molecule has 1 N–H and O–H groups in total. The highest BCUT2D eigenvalue weighted by atomic mass is 16.3. The smallest absolute Gasteiger partial charge is 0.149 e. The Hall–Kier alpha value is -4.70. The lowest BCUT2D eigenvalue weighted by atomic mass is 9.81. The first kappa shape index (κ1) is 34.2. The Morgan fingerprint density at radius 2 is 1.18 bits per heavy atom. The number of hydrogen-bond donors (Lipinski definition) is 1. The van der Waals surface area contributed by atoms with Gasteiger partial charge in [0.2, 0.25) is 0 Å². The van der Waals surface area contributed by atoms with Crippen molar-refractivity contribution in [3.8, 4) is 45.2 Å². The van der Waals surface area contributed by atoms with Gasteiger partial charge in [-0.1, -0.05) is 98.2 Å². The summed E-state index contributed by atoms with van der Waals surface area (Å²) in [6.07, 6.45) is 1.93. The second kappa shape index (κ2) is 12.0. The van der Waals surface area contributed by atoms with Crippen LogP contribution in [0.4, 0.5) is 0 Å². The maximum atomic E-state index is 11.2. The molecule has 0 aliphatic rings. The molecule has 0 fully saturated rings.